The summed E-state index contributed by atoms with van der Waals surface area (Å²) in [4.78, 5) is 37.7. The van der Waals surface area contributed by atoms with Gasteiger partial charge >= 0.3 is 11.9 Å². The quantitative estimate of drug-likeness (QED) is 0.418. The van der Waals surface area contributed by atoms with Crippen molar-refractivity contribution in [1.29, 1.82) is 0 Å². The van der Waals surface area contributed by atoms with Crippen LogP contribution in [0.15, 0.2) is 34.8 Å². The summed E-state index contributed by atoms with van der Waals surface area (Å²) >= 11 is 4.35. The predicted molar refractivity (Wildman–Crippen MR) is 122 cm³/mol. The van der Waals surface area contributed by atoms with Crippen LogP contribution in [-0.2, 0) is 14.3 Å². The molecule has 30 heavy (non-hydrogen) atoms. The number of anilines is 1. The molecule has 0 atom stereocenters. The second-order valence-electron chi connectivity index (χ2n) is 7.36. The van der Waals surface area contributed by atoms with Gasteiger partial charge in [-0.3, -0.25) is 4.79 Å². The maximum atomic E-state index is 12.6. The topological polar surface area (TPSA) is 81.7 Å². The highest BCUT2D eigenvalue weighted by molar-refractivity contribution is 9.10. The molecule has 1 aromatic carbocycles. The normalized spacial score (nSPS) is 11.4. The number of hydrogen-bond acceptors (Lipinski definition) is 6. The predicted octanol–water partition coefficient (Wildman–Crippen LogP) is 5.60. The fraction of sp³-hybridized carbons (Fsp3) is 0.318. The number of thiophene rings is 1. The van der Waals surface area contributed by atoms with E-state index in [1.165, 1.54) is 6.08 Å². The van der Waals surface area contributed by atoms with Gasteiger partial charge in [0.05, 0.1) is 12.2 Å². The van der Waals surface area contributed by atoms with E-state index in [-0.39, 0.29) is 22.0 Å². The van der Waals surface area contributed by atoms with Crippen molar-refractivity contribution in [2.24, 2.45) is 0 Å². The lowest BCUT2D eigenvalue weighted by Crippen LogP contribution is -2.23. The first-order valence-electron chi connectivity index (χ1n) is 9.30. The molecule has 0 aliphatic carbocycles. The first-order chi connectivity index (χ1) is 14.0. The molecule has 0 aliphatic rings. The van der Waals surface area contributed by atoms with Gasteiger partial charge in [-0.15, -0.1) is 11.3 Å². The van der Waals surface area contributed by atoms with Gasteiger partial charge in [0.15, 0.2) is 0 Å². The monoisotopic (exact) mass is 493 g/mol. The van der Waals surface area contributed by atoms with Crippen molar-refractivity contribution in [3.63, 3.8) is 0 Å². The number of esters is 2. The van der Waals surface area contributed by atoms with E-state index in [0.717, 1.165) is 21.4 Å². The molecule has 1 amide bonds. The van der Waals surface area contributed by atoms with Gasteiger partial charge in [0, 0.05) is 10.5 Å². The average molecular weight is 494 g/mol. The molecule has 8 heteroatoms. The minimum absolute atomic E-state index is 0.160. The van der Waals surface area contributed by atoms with Crippen molar-refractivity contribution in [3.8, 4) is 0 Å². The zero-order valence-corrected chi connectivity index (χ0v) is 19.9. The number of amides is 1. The van der Waals surface area contributed by atoms with E-state index in [1.54, 1.807) is 40.7 Å². The lowest BCUT2D eigenvalue weighted by Gasteiger charge is -2.19. The summed E-state index contributed by atoms with van der Waals surface area (Å²) in [6, 6.07) is 7.44. The summed E-state index contributed by atoms with van der Waals surface area (Å²) in [5, 5.41) is 2.93. The Hall–Kier alpha value is -2.45. The highest BCUT2D eigenvalue weighted by atomic mass is 79.9. The average Bonchev–Trinajstić information content (AvgIpc) is 2.96. The van der Waals surface area contributed by atoms with E-state index in [1.807, 2.05) is 24.3 Å². The van der Waals surface area contributed by atoms with Gasteiger partial charge in [-0.05, 0) is 64.0 Å². The smallest absolute Gasteiger partial charge is 0.349 e. The van der Waals surface area contributed by atoms with Gasteiger partial charge in [-0.2, -0.15) is 0 Å². The fourth-order valence-corrected chi connectivity index (χ4v) is 3.81. The number of halogens is 1. The molecule has 6 nitrogen and oxygen atoms in total. The van der Waals surface area contributed by atoms with Crippen LogP contribution in [0.4, 0.5) is 5.00 Å². The molecule has 2 aromatic rings. The summed E-state index contributed by atoms with van der Waals surface area (Å²) in [7, 11) is 0. The highest BCUT2D eigenvalue weighted by Gasteiger charge is 2.29. The van der Waals surface area contributed by atoms with Crippen LogP contribution >= 0.6 is 27.3 Å². The molecule has 160 valence electrons. The zero-order chi connectivity index (χ0) is 22.5. The van der Waals surface area contributed by atoms with E-state index < -0.39 is 23.4 Å². The van der Waals surface area contributed by atoms with Gasteiger partial charge in [-0.25, -0.2) is 9.59 Å². The summed E-state index contributed by atoms with van der Waals surface area (Å²) in [5.74, 6) is -1.59. The molecule has 0 saturated carbocycles. The van der Waals surface area contributed by atoms with Gasteiger partial charge in [0.2, 0.25) is 5.91 Å². The van der Waals surface area contributed by atoms with Crippen LogP contribution < -0.4 is 5.32 Å². The van der Waals surface area contributed by atoms with Crippen molar-refractivity contribution in [2.75, 3.05) is 11.9 Å². The third kappa shape index (κ3) is 6.53. The molecule has 1 N–H and O–H groups in total. The summed E-state index contributed by atoms with van der Waals surface area (Å²) in [5.41, 5.74) is 0.734. The van der Waals surface area contributed by atoms with E-state index in [9.17, 15) is 14.4 Å². The molecular weight excluding hydrogens is 470 g/mol. The number of ether oxygens (including phenoxy) is 2. The summed E-state index contributed by atoms with van der Waals surface area (Å²) in [6.07, 6.45) is 3.02. The molecule has 0 aliphatic heterocycles. The molecule has 1 aromatic heterocycles. The molecule has 0 spiro atoms. The third-order valence-electron chi connectivity index (χ3n) is 3.74. The fourth-order valence-electron chi connectivity index (χ4n) is 2.47. The Morgan fingerprint density at radius 1 is 1.13 bits per heavy atom. The minimum atomic E-state index is -0.686. The zero-order valence-electron chi connectivity index (χ0n) is 17.5. The number of nitrogens with one attached hydrogen (secondary N) is 1. The Kier molecular flexibility index (Phi) is 7.97. The highest BCUT2D eigenvalue weighted by Crippen LogP contribution is 2.35. The van der Waals surface area contributed by atoms with Gasteiger partial charge in [0.25, 0.3) is 0 Å². The Morgan fingerprint density at radius 3 is 2.33 bits per heavy atom. The van der Waals surface area contributed by atoms with Crippen LogP contribution in [0.2, 0.25) is 0 Å². The number of hydrogen-bond donors (Lipinski definition) is 1. The van der Waals surface area contributed by atoms with Crippen molar-refractivity contribution >= 4 is 56.2 Å². The van der Waals surface area contributed by atoms with Crippen molar-refractivity contribution < 1.29 is 23.9 Å². The summed E-state index contributed by atoms with van der Waals surface area (Å²) in [6.45, 7) is 8.77. The van der Waals surface area contributed by atoms with E-state index in [0.29, 0.717) is 5.56 Å². The van der Waals surface area contributed by atoms with Crippen LogP contribution in [0.3, 0.4) is 0 Å². The van der Waals surface area contributed by atoms with E-state index >= 15 is 0 Å². The molecule has 2 rings (SSSR count). The van der Waals surface area contributed by atoms with Gasteiger partial charge in [0.1, 0.15) is 15.5 Å². The van der Waals surface area contributed by atoms with Crippen LogP contribution in [-0.4, -0.2) is 30.1 Å². The van der Waals surface area contributed by atoms with Crippen LogP contribution in [0.5, 0.6) is 0 Å². The van der Waals surface area contributed by atoms with E-state index in [2.05, 4.69) is 21.2 Å². The molecule has 0 unspecified atom stereocenters. The lowest BCUT2D eigenvalue weighted by molar-refractivity contribution is -0.111. The van der Waals surface area contributed by atoms with Gasteiger partial charge in [-0.1, -0.05) is 28.1 Å². The van der Waals surface area contributed by atoms with Crippen molar-refractivity contribution in [2.45, 2.75) is 40.2 Å². The number of carbonyl (C=O) groups is 3. The van der Waals surface area contributed by atoms with Crippen LogP contribution in [0, 0.1) is 6.92 Å². The van der Waals surface area contributed by atoms with Crippen molar-refractivity contribution in [1.82, 2.24) is 0 Å². The SMILES string of the molecule is CCOC(=O)c1c(NC(=O)C=Cc2ccc(Br)cc2)sc(C(=O)OC(C)(C)C)c1C. The summed E-state index contributed by atoms with van der Waals surface area (Å²) < 4.78 is 11.5. The van der Waals surface area contributed by atoms with Crippen LogP contribution in [0.25, 0.3) is 6.08 Å². The van der Waals surface area contributed by atoms with Crippen molar-refractivity contribution in [3.05, 3.63) is 56.4 Å². The Bertz CT molecular complexity index is 971. The Balaban J connectivity index is 2.31. The number of rotatable bonds is 6. The first-order valence-corrected chi connectivity index (χ1v) is 10.9. The molecule has 0 bridgehead atoms. The van der Waals surface area contributed by atoms with Crippen LogP contribution in [0.1, 0.15) is 58.9 Å². The molecule has 0 radical (unpaired) electrons. The lowest BCUT2D eigenvalue weighted by atomic mass is 10.1. The third-order valence-corrected chi connectivity index (χ3v) is 5.46. The second-order valence-corrected chi connectivity index (χ2v) is 9.29. The second kappa shape index (κ2) is 10.0. The van der Waals surface area contributed by atoms with Gasteiger partial charge < -0.3 is 14.8 Å². The molecule has 0 saturated heterocycles. The first kappa shape index (κ1) is 23.8. The largest absolute Gasteiger partial charge is 0.462 e. The Morgan fingerprint density at radius 2 is 1.77 bits per heavy atom. The molecule has 1 heterocycles. The standard InChI is InChI=1S/C22H24BrNO5S/c1-6-28-20(26)17-13(2)18(21(27)29-22(3,4)5)30-19(17)24-16(25)12-9-14-7-10-15(23)11-8-14/h7-12H,6H2,1-5H3,(H,24,25). The molecular formula is C22H24BrNO5S. The number of carbonyl (C=O) groups excluding carboxylic acids is 3. The van der Waals surface area contributed by atoms with E-state index in [4.69, 9.17) is 9.47 Å². The Labute approximate surface area is 188 Å². The maximum absolute atomic E-state index is 12.6. The number of benzene rings is 1. The minimum Gasteiger partial charge on any atom is -0.462 e. The maximum Gasteiger partial charge on any atom is 0.349 e. The molecule has 0 fully saturated rings.